The number of hydrogen-bond acceptors (Lipinski definition) is 4. The van der Waals surface area contributed by atoms with Crippen LogP contribution in [0.4, 0.5) is 0 Å². The quantitative estimate of drug-likeness (QED) is 0.589. The fraction of sp³-hybridized carbons (Fsp3) is 0.389. The van der Waals surface area contributed by atoms with Crippen LogP contribution in [0.2, 0.25) is 0 Å². The van der Waals surface area contributed by atoms with Gasteiger partial charge in [0.15, 0.2) is 5.16 Å². The molecule has 0 bridgehead atoms. The molecule has 2 rings (SSSR count). The lowest BCUT2D eigenvalue weighted by Gasteiger charge is -2.21. The second-order valence-electron chi connectivity index (χ2n) is 5.47. The molecule has 0 aliphatic carbocycles. The summed E-state index contributed by atoms with van der Waals surface area (Å²) < 4.78 is 0. The van der Waals surface area contributed by atoms with E-state index in [1.54, 1.807) is 0 Å². The van der Waals surface area contributed by atoms with Gasteiger partial charge < -0.3 is 9.88 Å². The van der Waals surface area contributed by atoms with Crippen molar-refractivity contribution in [2.75, 3.05) is 18.8 Å². The van der Waals surface area contributed by atoms with E-state index in [1.807, 2.05) is 35.2 Å². The van der Waals surface area contributed by atoms with E-state index in [0.717, 1.165) is 31.5 Å². The van der Waals surface area contributed by atoms with E-state index in [0.29, 0.717) is 10.9 Å². The van der Waals surface area contributed by atoms with E-state index in [2.05, 4.69) is 23.8 Å². The topological polar surface area (TPSA) is 66.1 Å². The van der Waals surface area contributed by atoms with Gasteiger partial charge in [0.05, 0.1) is 11.4 Å². The summed E-state index contributed by atoms with van der Waals surface area (Å²) in [6, 6.07) is 11.0. The molecule has 1 amide bonds. The third-order valence-corrected chi connectivity index (χ3v) is 4.32. The van der Waals surface area contributed by atoms with Gasteiger partial charge in [0, 0.05) is 24.7 Å². The third kappa shape index (κ3) is 5.23. The van der Waals surface area contributed by atoms with Gasteiger partial charge in [0.1, 0.15) is 0 Å². The third-order valence-electron chi connectivity index (χ3n) is 3.46. The van der Waals surface area contributed by atoms with Crippen molar-refractivity contribution in [2.45, 2.75) is 31.8 Å². The summed E-state index contributed by atoms with van der Waals surface area (Å²) in [6.07, 6.45) is 1.88. The van der Waals surface area contributed by atoms with Crippen LogP contribution in [0.1, 0.15) is 26.7 Å². The second-order valence-corrected chi connectivity index (χ2v) is 6.44. The van der Waals surface area contributed by atoms with Crippen molar-refractivity contribution in [3.8, 4) is 11.3 Å². The minimum atomic E-state index is -0.210. The van der Waals surface area contributed by atoms with Gasteiger partial charge in [-0.25, -0.2) is 4.98 Å². The molecule has 0 spiro atoms. The molecule has 24 heavy (non-hydrogen) atoms. The molecule has 5 nitrogen and oxygen atoms in total. The Kier molecular flexibility index (Phi) is 7.06. The van der Waals surface area contributed by atoms with Crippen LogP contribution in [0.15, 0.2) is 46.3 Å². The number of amides is 1. The van der Waals surface area contributed by atoms with E-state index >= 15 is 0 Å². The molecule has 0 aliphatic heterocycles. The minimum absolute atomic E-state index is 0.0801. The largest absolute Gasteiger partial charge is 0.342 e. The van der Waals surface area contributed by atoms with Crippen molar-refractivity contribution in [3.63, 3.8) is 0 Å². The predicted octanol–water partition coefficient (Wildman–Crippen LogP) is 3.18. The lowest BCUT2D eigenvalue weighted by molar-refractivity contribution is -0.128. The maximum atomic E-state index is 12.3. The van der Waals surface area contributed by atoms with Gasteiger partial charge in [-0.3, -0.25) is 9.59 Å². The van der Waals surface area contributed by atoms with Crippen molar-refractivity contribution in [3.05, 3.63) is 46.8 Å². The second kappa shape index (κ2) is 9.27. The van der Waals surface area contributed by atoms with E-state index in [9.17, 15) is 9.59 Å². The zero-order valence-electron chi connectivity index (χ0n) is 14.1. The summed E-state index contributed by atoms with van der Waals surface area (Å²) in [5.41, 5.74) is 1.29. The van der Waals surface area contributed by atoms with Crippen LogP contribution in [0.3, 0.4) is 0 Å². The number of carbonyl (C=O) groups is 1. The molecular weight excluding hydrogens is 322 g/mol. The highest BCUT2D eigenvalue weighted by molar-refractivity contribution is 7.99. The maximum Gasteiger partial charge on any atom is 0.252 e. The molecule has 0 fully saturated rings. The number of aromatic amines is 1. The van der Waals surface area contributed by atoms with Gasteiger partial charge in [0.2, 0.25) is 5.91 Å². The van der Waals surface area contributed by atoms with E-state index in [4.69, 9.17) is 0 Å². The first-order valence-electron chi connectivity index (χ1n) is 8.21. The van der Waals surface area contributed by atoms with Crippen LogP contribution in [-0.4, -0.2) is 39.6 Å². The Balaban J connectivity index is 2.09. The van der Waals surface area contributed by atoms with Crippen LogP contribution < -0.4 is 5.56 Å². The first-order chi connectivity index (χ1) is 11.6. The van der Waals surface area contributed by atoms with Crippen molar-refractivity contribution in [2.24, 2.45) is 0 Å². The molecule has 1 heterocycles. The molecule has 1 N–H and O–H groups in total. The standard InChI is InChI=1S/C18H23N3O2S/c1-3-10-21(11-4-2)17(23)13-24-18-19-15(12-16(22)20-18)14-8-6-5-7-9-14/h5-9,12H,3-4,10-11,13H2,1-2H3,(H,19,20,22). The molecule has 1 aromatic carbocycles. The molecule has 1 aromatic heterocycles. The number of H-pyrrole nitrogens is 1. The number of nitrogens with zero attached hydrogens (tertiary/aromatic N) is 2. The number of thioether (sulfide) groups is 1. The molecule has 2 aromatic rings. The zero-order chi connectivity index (χ0) is 17.4. The molecule has 0 atom stereocenters. The molecule has 0 saturated carbocycles. The minimum Gasteiger partial charge on any atom is -0.342 e. The van der Waals surface area contributed by atoms with Gasteiger partial charge in [-0.05, 0) is 12.8 Å². The summed E-state index contributed by atoms with van der Waals surface area (Å²) in [5, 5.41) is 0.475. The van der Waals surface area contributed by atoms with E-state index < -0.39 is 0 Å². The monoisotopic (exact) mass is 345 g/mol. The van der Waals surface area contributed by atoms with Gasteiger partial charge in [0.25, 0.3) is 5.56 Å². The Morgan fingerprint density at radius 3 is 2.46 bits per heavy atom. The van der Waals surface area contributed by atoms with Gasteiger partial charge >= 0.3 is 0 Å². The molecule has 6 heteroatoms. The van der Waals surface area contributed by atoms with Crippen LogP contribution in [0.25, 0.3) is 11.3 Å². The highest BCUT2D eigenvalue weighted by Crippen LogP contribution is 2.18. The lowest BCUT2D eigenvalue weighted by atomic mass is 10.1. The number of carbonyl (C=O) groups excluding carboxylic acids is 1. The van der Waals surface area contributed by atoms with Crippen LogP contribution in [0.5, 0.6) is 0 Å². The fourth-order valence-electron chi connectivity index (χ4n) is 2.38. The number of aromatic nitrogens is 2. The number of benzene rings is 1. The molecule has 128 valence electrons. The van der Waals surface area contributed by atoms with Crippen molar-refractivity contribution in [1.82, 2.24) is 14.9 Å². The summed E-state index contributed by atoms with van der Waals surface area (Å²) >= 11 is 1.27. The normalized spacial score (nSPS) is 10.6. The fourth-order valence-corrected chi connectivity index (χ4v) is 3.16. The van der Waals surface area contributed by atoms with Crippen molar-refractivity contribution < 1.29 is 4.79 Å². The average Bonchev–Trinajstić information content (AvgIpc) is 2.60. The van der Waals surface area contributed by atoms with Gasteiger partial charge in [-0.15, -0.1) is 0 Å². The Hall–Kier alpha value is -2.08. The van der Waals surface area contributed by atoms with Crippen LogP contribution in [-0.2, 0) is 4.79 Å². The van der Waals surface area contributed by atoms with Crippen LogP contribution >= 0.6 is 11.8 Å². The molecule has 0 radical (unpaired) electrons. The van der Waals surface area contributed by atoms with E-state index in [-0.39, 0.29) is 17.2 Å². The first-order valence-corrected chi connectivity index (χ1v) is 9.20. The molecular formula is C18H23N3O2S. The summed E-state index contributed by atoms with van der Waals surface area (Å²) in [6.45, 7) is 5.65. The molecule has 0 unspecified atom stereocenters. The summed E-state index contributed by atoms with van der Waals surface area (Å²) in [7, 11) is 0. The Labute approximate surface area is 146 Å². The van der Waals surface area contributed by atoms with Crippen molar-refractivity contribution >= 4 is 17.7 Å². The number of hydrogen-bond donors (Lipinski definition) is 1. The SMILES string of the molecule is CCCN(CCC)C(=O)CSc1nc(-c2ccccc2)cc(=O)[nH]1. The Morgan fingerprint density at radius 1 is 1.17 bits per heavy atom. The molecule has 0 aliphatic rings. The van der Waals surface area contributed by atoms with Crippen molar-refractivity contribution in [1.29, 1.82) is 0 Å². The Bertz CT molecular complexity index is 710. The Morgan fingerprint density at radius 2 is 1.83 bits per heavy atom. The number of nitrogens with one attached hydrogen (secondary N) is 1. The average molecular weight is 345 g/mol. The summed E-state index contributed by atoms with van der Waals surface area (Å²) in [5.74, 6) is 0.359. The van der Waals surface area contributed by atoms with Crippen LogP contribution in [0, 0.1) is 0 Å². The summed E-state index contributed by atoms with van der Waals surface area (Å²) in [4.78, 5) is 33.2. The zero-order valence-corrected chi connectivity index (χ0v) is 14.9. The predicted molar refractivity (Wildman–Crippen MR) is 98.2 cm³/mol. The van der Waals surface area contributed by atoms with Gasteiger partial charge in [-0.2, -0.15) is 0 Å². The molecule has 0 saturated heterocycles. The number of rotatable bonds is 8. The highest BCUT2D eigenvalue weighted by atomic mass is 32.2. The highest BCUT2D eigenvalue weighted by Gasteiger charge is 2.13. The first kappa shape index (κ1) is 18.3. The van der Waals surface area contributed by atoms with E-state index in [1.165, 1.54) is 17.8 Å². The smallest absolute Gasteiger partial charge is 0.252 e. The lowest BCUT2D eigenvalue weighted by Crippen LogP contribution is -2.33. The maximum absolute atomic E-state index is 12.3. The van der Waals surface area contributed by atoms with Gasteiger partial charge in [-0.1, -0.05) is 55.9 Å².